The Kier molecular flexibility index (Phi) is 4.51. The maximum Gasteiger partial charge on any atom is 0.243 e. The predicted molar refractivity (Wildman–Crippen MR) is 75.6 cm³/mol. The van der Waals surface area contributed by atoms with Gasteiger partial charge in [-0.15, -0.1) is 0 Å². The normalized spacial score (nSPS) is 27.6. The summed E-state index contributed by atoms with van der Waals surface area (Å²) in [5.41, 5.74) is -0.916. The molecule has 0 atom stereocenters. The van der Waals surface area contributed by atoms with E-state index in [1.165, 1.54) is 17.1 Å². The van der Waals surface area contributed by atoms with E-state index < -0.39 is 15.6 Å². The number of hydrogen-bond donors (Lipinski definition) is 2. The lowest BCUT2D eigenvalue weighted by molar-refractivity contribution is -0.00442. The third-order valence-corrected chi connectivity index (χ3v) is 5.55. The van der Waals surface area contributed by atoms with Crippen LogP contribution < -0.4 is 4.72 Å². The molecule has 7 heteroatoms. The first kappa shape index (κ1) is 15.5. The molecule has 6 nitrogen and oxygen atoms in total. The van der Waals surface area contributed by atoms with E-state index in [-0.39, 0.29) is 11.4 Å². The molecule has 1 aromatic rings. The van der Waals surface area contributed by atoms with Gasteiger partial charge >= 0.3 is 0 Å². The standard InChI is InChI=1S/C13H23N3O3S/c1-3-11-4-6-13(17,7-5-11)10-15-20(18,19)12-8-14-16(2)9-12/h8-9,11,15,17H,3-7,10H2,1-2H3. The topological polar surface area (TPSA) is 84.2 Å². The molecule has 2 N–H and O–H groups in total. The SMILES string of the molecule is CCC1CCC(O)(CNS(=O)(=O)c2cnn(C)c2)CC1. The summed E-state index contributed by atoms with van der Waals surface area (Å²) < 4.78 is 28.1. The van der Waals surface area contributed by atoms with E-state index in [0.717, 1.165) is 19.3 Å². The Morgan fingerprint density at radius 3 is 2.65 bits per heavy atom. The van der Waals surface area contributed by atoms with Gasteiger partial charge in [-0.2, -0.15) is 5.10 Å². The second kappa shape index (κ2) is 5.83. The highest BCUT2D eigenvalue weighted by atomic mass is 32.2. The van der Waals surface area contributed by atoms with Gasteiger partial charge in [-0.3, -0.25) is 4.68 Å². The summed E-state index contributed by atoms with van der Waals surface area (Å²) in [5.74, 6) is 0.658. The van der Waals surface area contributed by atoms with Crippen LogP contribution in [0.4, 0.5) is 0 Å². The molecule has 114 valence electrons. The van der Waals surface area contributed by atoms with Gasteiger partial charge in [0.15, 0.2) is 0 Å². The third-order valence-electron chi connectivity index (χ3n) is 4.20. The van der Waals surface area contributed by atoms with Crippen molar-refractivity contribution in [3.05, 3.63) is 12.4 Å². The van der Waals surface area contributed by atoms with Gasteiger partial charge in [0.1, 0.15) is 4.90 Å². The van der Waals surface area contributed by atoms with Crippen LogP contribution in [0.3, 0.4) is 0 Å². The van der Waals surface area contributed by atoms with Crippen molar-refractivity contribution in [2.45, 2.75) is 49.5 Å². The van der Waals surface area contributed by atoms with Crippen LogP contribution in [0, 0.1) is 5.92 Å². The van der Waals surface area contributed by atoms with Crippen molar-refractivity contribution in [2.75, 3.05) is 6.54 Å². The van der Waals surface area contributed by atoms with Crippen molar-refractivity contribution in [3.8, 4) is 0 Å². The number of nitrogens with zero attached hydrogens (tertiary/aromatic N) is 2. The Bertz CT molecular complexity index is 545. The Hall–Kier alpha value is -0.920. The lowest BCUT2D eigenvalue weighted by atomic mass is 9.78. The van der Waals surface area contributed by atoms with Crippen LogP contribution in [0.5, 0.6) is 0 Å². The molecule has 1 aromatic heterocycles. The zero-order valence-electron chi connectivity index (χ0n) is 12.0. The highest BCUT2D eigenvalue weighted by molar-refractivity contribution is 7.89. The predicted octanol–water partition coefficient (Wildman–Crippen LogP) is 1.03. The molecule has 0 amide bonds. The Labute approximate surface area is 120 Å². The summed E-state index contributed by atoms with van der Waals surface area (Å²) in [5, 5.41) is 14.3. The highest BCUT2D eigenvalue weighted by Crippen LogP contribution is 2.33. The van der Waals surface area contributed by atoms with Crippen molar-refractivity contribution in [3.63, 3.8) is 0 Å². The van der Waals surface area contributed by atoms with Crippen LogP contribution >= 0.6 is 0 Å². The van der Waals surface area contributed by atoms with Crippen LogP contribution in [-0.4, -0.2) is 35.5 Å². The maximum atomic E-state index is 12.1. The number of aliphatic hydroxyl groups is 1. The molecule has 1 saturated carbocycles. The average molecular weight is 301 g/mol. The average Bonchev–Trinajstić information content (AvgIpc) is 2.85. The molecule has 0 spiro atoms. The molecule has 2 rings (SSSR count). The molecule has 1 fully saturated rings. The van der Waals surface area contributed by atoms with Crippen LogP contribution in [-0.2, 0) is 17.1 Å². The Morgan fingerprint density at radius 2 is 2.15 bits per heavy atom. The van der Waals surface area contributed by atoms with Crippen LogP contribution in [0.2, 0.25) is 0 Å². The zero-order valence-corrected chi connectivity index (χ0v) is 12.9. The van der Waals surface area contributed by atoms with Crippen molar-refractivity contribution < 1.29 is 13.5 Å². The van der Waals surface area contributed by atoms with Crippen LogP contribution in [0.25, 0.3) is 0 Å². The molecule has 0 radical (unpaired) electrons. The number of rotatable bonds is 5. The number of aromatic nitrogens is 2. The van der Waals surface area contributed by atoms with Crippen molar-refractivity contribution in [2.24, 2.45) is 13.0 Å². The second-order valence-electron chi connectivity index (χ2n) is 5.75. The molecule has 1 heterocycles. The summed E-state index contributed by atoms with van der Waals surface area (Å²) in [6.07, 6.45) is 7.10. The lowest BCUT2D eigenvalue weighted by Gasteiger charge is -2.35. The Balaban J connectivity index is 1.95. The number of aryl methyl sites for hydroxylation is 1. The fourth-order valence-corrected chi connectivity index (χ4v) is 3.75. The van der Waals surface area contributed by atoms with E-state index in [0.29, 0.717) is 18.8 Å². The third kappa shape index (κ3) is 3.59. The van der Waals surface area contributed by atoms with E-state index in [4.69, 9.17) is 0 Å². The quantitative estimate of drug-likeness (QED) is 0.851. The smallest absolute Gasteiger partial charge is 0.243 e. The van der Waals surface area contributed by atoms with Gasteiger partial charge in [0.2, 0.25) is 10.0 Å². The van der Waals surface area contributed by atoms with Gasteiger partial charge in [-0.1, -0.05) is 13.3 Å². The molecule has 0 unspecified atom stereocenters. The van der Waals surface area contributed by atoms with E-state index >= 15 is 0 Å². The molecular weight excluding hydrogens is 278 g/mol. The summed E-state index contributed by atoms with van der Waals surface area (Å²) >= 11 is 0. The van der Waals surface area contributed by atoms with E-state index in [9.17, 15) is 13.5 Å². The summed E-state index contributed by atoms with van der Waals surface area (Å²) in [7, 11) is -1.92. The molecule has 1 aliphatic carbocycles. The molecule has 0 aliphatic heterocycles. The van der Waals surface area contributed by atoms with Gasteiger partial charge in [-0.05, 0) is 31.6 Å². The van der Waals surface area contributed by atoms with Gasteiger partial charge < -0.3 is 5.11 Å². The minimum Gasteiger partial charge on any atom is -0.389 e. The Morgan fingerprint density at radius 1 is 1.50 bits per heavy atom. The van der Waals surface area contributed by atoms with Crippen LogP contribution in [0.1, 0.15) is 39.0 Å². The molecule has 0 saturated heterocycles. The van der Waals surface area contributed by atoms with E-state index in [2.05, 4.69) is 16.7 Å². The molecular formula is C13H23N3O3S. The molecule has 20 heavy (non-hydrogen) atoms. The fourth-order valence-electron chi connectivity index (χ4n) is 2.65. The minimum atomic E-state index is -3.59. The minimum absolute atomic E-state index is 0.0701. The first-order valence-electron chi connectivity index (χ1n) is 7.05. The molecule has 0 aromatic carbocycles. The highest BCUT2D eigenvalue weighted by Gasteiger charge is 2.34. The van der Waals surface area contributed by atoms with Gasteiger partial charge in [0, 0.05) is 19.8 Å². The van der Waals surface area contributed by atoms with Crippen molar-refractivity contribution in [1.82, 2.24) is 14.5 Å². The van der Waals surface area contributed by atoms with Gasteiger partial charge in [-0.25, -0.2) is 13.1 Å². The van der Waals surface area contributed by atoms with Crippen molar-refractivity contribution >= 4 is 10.0 Å². The number of nitrogens with one attached hydrogen (secondary N) is 1. The largest absolute Gasteiger partial charge is 0.389 e. The van der Waals surface area contributed by atoms with E-state index in [1.807, 2.05) is 0 Å². The van der Waals surface area contributed by atoms with Crippen molar-refractivity contribution in [1.29, 1.82) is 0 Å². The van der Waals surface area contributed by atoms with E-state index in [1.54, 1.807) is 7.05 Å². The second-order valence-corrected chi connectivity index (χ2v) is 7.52. The zero-order chi connectivity index (χ0) is 14.8. The van der Waals surface area contributed by atoms with Gasteiger partial charge in [0.05, 0.1) is 11.8 Å². The first-order valence-corrected chi connectivity index (χ1v) is 8.54. The molecule has 0 bridgehead atoms. The molecule has 1 aliphatic rings. The number of sulfonamides is 1. The fraction of sp³-hybridized carbons (Fsp3) is 0.769. The summed E-state index contributed by atoms with van der Waals surface area (Å²) in [6, 6.07) is 0. The van der Waals surface area contributed by atoms with Crippen LogP contribution in [0.15, 0.2) is 17.3 Å². The van der Waals surface area contributed by atoms with Gasteiger partial charge in [0.25, 0.3) is 0 Å². The summed E-state index contributed by atoms with van der Waals surface area (Å²) in [4.78, 5) is 0.130. The number of hydrogen-bond acceptors (Lipinski definition) is 4. The summed E-state index contributed by atoms with van der Waals surface area (Å²) in [6.45, 7) is 2.22. The maximum absolute atomic E-state index is 12.1. The monoisotopic (exact) mass is 301 g/mol. The lowest BCUT2D eigenvalue weighted by Crippen LogP contribution is -2.45. The first-order chi connectivity index (χ1) is 9.35.